The topological polar surface area (TPSA) is 111 Å². The minimum absolute atomic E-state index is 0.0573. The molecule has 23 heavy (non-hydrogen) atoms. The molecule has 0 spiro atoms. The fourth-order valence-electron chi connectivity index (χ4n) is 2.18. The molecular formula is C15H12ClN5O2. The molecule has 3 rings (SSSR count). The number of nitrogens with zero attached hydrogens (tertiary/aromatic N) is 3. The summed E-state index contributed by atoms with van der Waals surface area (Å²) >= 11 is 5.85. The maximum atomic E-state index is 11.1. The van der Waals surface area contributed by atoms with Crippen LogP contribution in [-0.4, -0.2) is 20.1 Å². The van der Waals surface area contributed by atoms with Crippen molar-refractivity contribution in [2.45, 2.75) is 6.04 Å². The van der Waals surface area contributed by atoms with Gasteiger partial charge in [-0.25, -0.2) is 4.98 Å². The van der Waals surface area contributed by atoms with E-state index in [4.69, 9.17) is 17.3 Å². The van der Waals surface area contributed by atoms with Gasteiger partial charge in [-0.3, -0.25) is 15.2 Å². The molecule has 0 amide bonds. The average molecular weight is 330 g/mol. The third kappa shape index (κ3) is 3.05. The number of nitrogens with one attached hydrogen (secondary N) is 1. The van der Waals surface area contributed by atoms with E-state index >= 15 is 0 Å². The van der Waals surface area contributed by atoms with Gasteiger partial charge >= 0.3 is 0 Å². The molecule has 7 nitrogen and oxygen atoms in total. The van der Waals surface area contributed by atoms with Gasteiger partial charge in [0.25, 0.3) is 5.69 Å². The van der Waals surface area contributed by atoms with E-state index in [1.165, 1.54) is 6.07 Å². The van der Waals surface area contributed by atoms with E-state index in [0.29, 0.717) is 16.4 Å². The quantitative estimate of drug-likeness (QED) is 0.564. The fourth-order valence-corrected chi connectivity index (χ4v) is 2.31. The van der Waals surface area contributed by atoms with Gasteiger partial charge in [-0.1, -0.05) is 35.9 Å². The molecule has 8 heteroatoms. The molecule has 0 saturated carbocycles. The Bertz CT molecular complexity index is 847. The molecule has 1 aromatic heterocycles. The van der Waals surface area contributed by atoms with Crippen molar-refractivity contribution in [3.8, 4) is 11.4 Å². The molecule has 1 heterocycles. The van der Waals surface area contributed by atoms with Crippen molar-refractivity contribution in [3.05, 3.63) is 75.1 Å². The molecule has 116 valence electrons. The van der Waals surface area contributed by atoms with Gasteiger partial charge in [-0.2, -0.15) is 5.10 Å². The summed E-state index contributed by atoms with van der Waals surface area (Å²) < 4.78 is 0. The smallest absolute Gasteiger partial charge is 0.280 e. The highest BCUT2D eigenvalue weighted by molar-refractivity contribution is 6.30. The molecule has 0 bridgehead atoms. The largest absolute Gasteiger partial charge is 0.318 e. The van der Waals surface area contributed by atoms with Crippen molar-refractivity contribution in [2.24, 2.45) is 5.73 Å². The van der Waals surface area contributed by atoms with Crippen LogP contribution in [0.25, 0.3) is 11.4 Å². The lowest BCUT2D eigenvalue weighted by atomic mass is 10.1. The first-order chi connectivity index (χ1) is 11.1. The van der Waals surface area contributed by atoms with Gasteiger partial charge in [-0.05, 0) is 23.8 Å². The van der Waals surface area contributed by atoms with E-state index in [0.717, 1.165) is 5.56 Å². The van der Waals surface area contributed by atoms with Crippen LogP contribution in [0.2, 0.25) is 5.02 Å². The van der Waals surface area contributed by atoms with E-state index in [1.54, 1.807) is 42.5 Å². The zero-order valence-electron chi connectivity index (χ0n) is 11.8. The molecule has 2 aromatic carbocycles. The molecule has 0 aliphatic heterocycles. The van der Waals surface area contributed by atoms with Crippen LogP contribution >= 0.6 is 11.6 Å². The third-order valence-electron chi connectivity index (χ3n) is 3.37. The first-order valence-corrected chi connectivity index (χ1v) is 7.11. The normalized spacial score (nSPS) is 12.1. The van der Waals surface area contributed by atoms with Crippen LogP contribution in [0, 0.1) is 10.1 Å². The van der Waals surface area contributed by atoms with Gasteiger partial charge in [0.15, 0.2) is 5.82 Å². The second-order valence-corrected chi connectivity index (χ2v) is 5.28. The summed E-state index contributed by atoms with van der Waals surface area (Å²) in [6.07, 6.45) is 0. The fraction of sp³-hybridized carbons (Fsp3) is 0.0667. The number of nitrogens with two attached hydrogens (primary N) is 1. The van der Waals surface area contributed by atoms with Crippen LogP contribution in [0.15, 0.2) is 48.5 Å². The van der Waals surface area contributed by atoms with Gasteiger partial charge in [0.1, 0.15) is 5.82 Å². The number of halogens is 1. The van der Waals surface area contributed by atoms with Gasteiger partial charge in [0.05, 0.1) is 16.5 Å². The van der Waals surface area contributed by atoms with Gasteiger partial charge in [0.2, 0.25) is 0 Å². The van der Waals surface area contributed by atoms with Crippen molar-refractivity contribution >= 4 is 17.3 Å². The maximum Gasteiger partial charge on any atom is 0.280 e. The Morgan fingerprint density at radius 1 is 1.17 bits per heavy atom. The number of aromatic nitrogens is 3. The number of aromatic amines is 1. The summed E-state index contributed by atoms with van der Waals surface area (Å²) in [7, 11) is 0. The first-order valence-electron chi connectivity index (χ1n) is 6.73. The zero-order chi connectivity index (χ0) is 16.4. The summed E-state index contributed by atoms with van der Waals surface area (Å²) in [5.74, 6) is 0.650. The zero-order valence-corrected chi connectivity index (χ0v) is 12.6. The number of para-hydroxylation sites is 1. The Hall–Kier alpha value is -2.77. The monoisotopic (exact) mass is 329 g/mol. The van der Waals surface area contributed by atoms with Crippen LogP contribution in [0.3, 0.4) is 0 Å². The summed E-state index contributed by atoms with van der Waals surface area (Å²) in [4.78, 5) is 14.9. The molecular weight excluding hydrogens is 318 g/mol. The molecule has 0 fully saturated rings. The SMILES string of the molecule is N[C@H](c1ccc(Cl)cc1)c1nc(-c2ccccc2[N+](=O)[O-])n[nH]1. The second-order valence-electron chi connectivity index (χ2n) is 4.85. The van der Waals surface area contributed by atoms with Crippen LogP contribution in [-0.2, 0) is 0 Å². The molecule has 1 atom stereocenters. The van der Waals surface area contributed by atoms with Crippen molar-refractivity contribution in [1.29, 1.82) is 0 Å². The van der Waals surface area contributed by atoms with E-state index in [9.17, 15) is 10.1 Å². The summed E-state index contributed by atoms with van der Waals surface area (Å²) in [6.45, 7) is 0. The lowest BCUT2D eigenvalue weighted by Gasteiger charge is -2.08. The van der Waals surface area contributed by atoms with Gasteiger partial charge < -0.3 is 5.73 Å². The highest BCUT2D eigenvalue weighted by atomic mass is 35.5. The lowest BCUT2D eigenvalue weighted by molar-refractivity contribution is -0.384. The molecule has 3 N–H and O–H groups in total. The van der Waals surface area contributed by atoms with Gasteiger partial charge in [0, 0.05) is 11.1 Å². The minimum Gasteiger partial charge on any atom is -0.318 e. The van der Waals surface area contributed by atoms with Crippen LogP contribution in [0.4, 0.5) is 5.69 Å². The molecule has 0 aliphatic carbocycles. The molecule has 0 saturated heterocycles. The standard InChI is InChI=1S/C15H12ClN5O2/c16-10-7-5-9(6-8-10)13(17)15-18-14(19-20-15)11-3-1-2-4-12(11)21(22)23/h1-8,13H,17H2,(H,18,19,20)/t13-/m1/s1. The van der Waals surface area contributed by atoms with E-state index in [-0.39, 0.29) is 11.5 Å². The van der Waals surface area contributed by atoms with Crippen LogP contribution in [0.5, 0.6) is 0 Å². The Labute approximate surface area is 136 Å². The summed E-state index contributed by atoms with van der Waals surface area (Å²) in [5, 5.41) is 18.5. The number of hydrogen-bond acceptors (Lipinski definition) is 5. The van der Waals surface area contributed by atoms with E-state index in [1.807, 2.05) is 0 Å². The number of hydrogen-bond donors (Lipinski definition) is 2. The van der Waals surface area contributed by atoms with Crippen molar-refractivity contribution in [2.75, 3.05) is 0 Å². The molecule has 0 radical (unpaired) electrons. The third-order valence-corrected chi connectivity index (χ3v) is 3.62. The molecule has 3 aromatic rings. The number of H-pyrrole nitrogens is 1. The highest BCUT2D eigenvalue weighted by Gasteiger charge is 2.20. The second kappa shape index (κ2) is 6.15. The lowest BCUT2D eigenvalue weighted by Crippen LogP contribution is -2.13. The van der Waals surface area contributed by atoms with Crippen LogP contribution in [0.1, 0.15) is 17.4 Å². The Morgan fingerprint density at radius 3 is 2.57 bits per heavy atom. The number of nitro groups is 1. The number of nitro benzene ring substituents is 1. The average Bonchev–Trinajstić information content (AvgIpc) is 3.04. The maximum absolute atomic E-state index is 11.1. The first kappa shape index (κ1) is 15.1. The van der Waals surface area contributed by atoms with Crippen molar-refractivity contribution in [3.63, 3.8) is 0 Å². The predicted molar refractivity (Wildman–Crippen MR) is 86.0 cm³/mol. The van der Waals surface area contributed by atoms with E-state index < -0.39 is 11.0 Å². The predicted octanol–water partition coefficient (Wildman–Crippen LogP) is 3.08. The molecule has 0 unspecified atom stereocenters. The van der Waals surface area contributed by atoms with E-state index in [2.05, 4.69) is 15.2 Å². The van der Waals surface area contributed by atoms with Crippen molar-refractivity contribution < 1.29 is 4.92 Å². The summed E-state index contributed by atoms with van der Waals surface area (Å²) in [6, 6.07) is 12.8. The van der Waals surface area contributed by atoms with Crippen LogP contribution < -0.4 is 5.73 Å². The number of rotatable bonds is 4. The Morgan fingerprint density at radius 2 is 1.87 bits per heavy atom. The Balaban J connectivity index is 1.95. The van der Waals surface area contributed by atoms with Gasteiger partial charge in [-0.15, -0.1) is 0 Å². The highest BCUT2D eigenvalue weighted by Crippen LogP contribution is 2.28. The number of benzene rings is 2. The van der Waals surface area contributed by atoms with Crippen molar-refractivity contribution in [1.82, 2.24) is 15.2 Å². The minimum atomic E-state index is -0.531. The Kier molecular flexibility index (Phi) is 4.05. The summed E-state index contributed by atoms with van der Waals surface area (Å²) in [5.41, 5.74) is 7.23. The molecule has 0 aliphatic rings.